The first-order valence-corrected chi connectivity index (χ1v) is 7.30. The van der Waals surface area contributed by atoms with Crippen LogP contribution in [-0.2, 0) is 16.0 Å². The van der Waals surface area contributed by atoms with E-state index in [2.05, 4.69) is 10.3 Å². The number of thiazole rings is 1. The number of nitrogens with one attached hydrogen (secondary N) is 1. The van der Waals surface area contributed by atoms with Crippen molar-refractivity contribution in [2.24, 2.45) is 5.73 Å². The molecule has 1 aromatic carbocycles. The normalized spacial score (nSPS) is 10.3. The molecule has 6 nitrogen and oxygen atoms in total. The molecule has 2 amide bonds. The molecule has 116 valence electrons. The van der Waals surface area contributed by atoms with Crippen LogP contribution >= 0.6 is 22.9 Å². The second kappa shape index (κ2) is 7.19. The van der Waals surface area contributed by atoms with Crippen molar-refractivity contribution < 1.29 is 18.7 Å². The minimum atomic E-state index is -0.566. The molecule has 9 heteroatoms. The van der Waals surface area contributed by atoms with Crippen LogP contribution in [0.5, 0.6) is 5.75 Å². The smallest absolute Gasteiger partial charge is 0.264 e. The molecule has 2 aromatic rings. The van der Waals surface area contributed by atoms with Gasteiger partial charge in [-0.15, -0.1) is 11.3 Å². The summed E-state index contributed by atoms with van der Waals surface area (Å²) in [6, 6.07) is 3.79. The third-order valence-corrected chi connectivity index (χ3v) is 3.51. The highest BCUT2D eigenvalue weighted by Crippen LogP contribution is 2.21. The molecule has 0 atom stereocenters. The van der Waals surface area contributed by atoms with Crippen molar-refractivity contribution >= 4 is 39.9 Å². The molecule has 0 fully saturated rings. The Balaban J connectivity index is 1.86. The van der Waals surface area contributed by atoms with Gasteiger partial charge in [0.2, 0.25) is 5.91 Å². The lowest BCUT2D eigenvalue weighted by atomic mass is 10.3. The van der Waals surface area contributed by atoms with Gasteiger partial charge in [0.05, 0.1) is 17.1 Å². The molecule has 0 radical (unpaired) electrons. The molecular formula is C13H11ClFN3O3S. The summed E-state index contributed by atoms with van der Waals surface area (Å²) in [7, 11) is 0. The fraction of sp³-hybridized carbons (Fsp3) is 0.154. The van der Waals surface area contributed by atoms with Gasteiger partial charge >= 0.3 is 0 Å². The van der Waals surface area contributed by atoms with Gasteiger partial charge in [0.15, 0.2) is 11.7 Å². The summed E-state index contributed by atoms with van der Waals surface area (Å²) in [6.07, 6.45) is 0.0109. The summed E-state index contributed by atoms with van der Waals surface area (Å²) >= 11 is 6.77. The standard InChI is InChI=1S/C13H11ClFN3O3S/c14-9-4-8(1-2-10(9)15)21-5-12(20)18-13-17-7(6-22-13)3-11(16)19/h1-2,4,6H,3,5H2,(H2,16,19)(H,17,18,20). The van der Waals surface area contributed by atoms with Crippen molar-refractivity contribution in [1.29, 1.82) is 0 Å². The zero-order valence-corrected chi connectivity index (χ0v) is 12.7. The Kier molecular flexibility index (Phi) is 5.29. The number of amides is 2. The van der Waals surface area contributed by atoms with Gasteiger partial charge in [0.1, 0.15) is 11.6 Å². The predicted molar refractivity (Wildman–Crippen MR) is 80.5 cm³/mol. The quantitative estimate of drug-likeness (QED) is 0.838. The monoisotopic (exact) mass is 343 g/mol. The Labute approximate surface area is 134 Å². The summed E-state index contributed by atoms with van der Waals surface area (Å²) in [5.74, 6) is -1.24. The molecule has 0 aliphatic heterocycles. The van der Waals surface area contributed by atoms with Crippen LogP contribution in [-0.4, -0.2) is 23.4 Å². The van der Waals surface area contributed by atoms with E-state index in [1.165, 1.54) is 23.5 Å². The zero-order chi connectivity index (χ0) is 16.1. The number of primary amides is 1. The topological polar surface area (TPSA) is 94.3 Å². The molecule has 0 bridgehead atoms. The molecule has 0 spiro atoms. The number of aromatic nitrogens is 1. The Morgan fingerprint density at radius 2 is 2.23 bits per heavy atom. The highest BCUT2D eigenvalue weighted by atomic mass is 35.5. The Morgan fingerprint density at radius 1 is 1.45 bits per heavy atom. The minimum Gasteiger partial charge on any atom is -0.484 e. The number of nitrogens with zero attached hydrogens (tertiary/aromatic N) is 1. The molecule has 3 N–H and O–H groups in total. The van der Waals surface area contributed by atoms with Gasteiger partial charge in [-0.1, -0.05) is 11.6 Å². The van der Waals surface area contributed by atoms with Crippen LogP contribution in [0.25, 0.3) is 0 Å². The Morgan fingerprint density at radius 3 is 2.91 bits per heavy atom. The number of hydrogen-bond acceptors (Lipinski definition) is 5. The first-order valence-electron chi connectivity index (χ1n) is 6.04. The molecular weight excluding hydrogens is 333 g/mol. The number of carbonyl (C=O) groups excluding carboxylic acids is 2. The maximum Gasteiger partial charge on any atom is 0.264 e. The lowest BCUT2D eigenvalue weighted by molar-refractivity contribution is -0.118. The third-order valence-electron chi connectivity index (χ3n) is 2.41. The summed E-state index contributed by atoms with van der Waals surface area (Å²) in [5, 5.41) is 4.39. The van der Waals surface area contributed by atoms with Gasteiger partial charge in [0.25, 0.3) is 5.91 Å². The van der Waals surface area contributed by atoms with Crippen molar-refractivity contribution in [2.45, 2.75) is 6.42 Å². The Hall–Kier alpha value is -2.19. The van der Waals surface area contributed by atoms with E-state index in [0.29, 0.717) is 10.8 Å². The molecule has 0 unspecified atom stereocenters. The summed E-state index contributed by atoms with van der Waals surface area (Å²) in [4.78, 5) is 26.5. The van der Waals surface area contributed by atoms with E-state index in [1.807, 2.05) is 0 Å². The van der Waals surface area contributed by atoms with Crippen molar-refractivity contribution in [3.63, 3.8) is 0 Å². The number of rotatable bonds is 6. The largest absolute Gasteiger partial charge is 0.484 e. The van der Waals surface area contributed by atoms with E-state index in [-0.39, 0.29) is 23.8 Å². The number of nitrogens with two attached hydrogens (primary N) is 1. The van der Waals surface area contributed by atoms with E-state index >= 15 is 0 Å². The van der Waals surface area contributed by atoms with Crippen molar-refractivity contribution in [3.8, 4) is 5.75 Å². The summed E-state index contributed by atoms with van der Waals surface area (Å²) in [5.41, 5.74) is 5.54. The average Bonchev–Trinajstić information content (AvgIpc) is 2.86. The maximum absolute atomic E-state index is 13.0. The molecule has 0 saturated carbocycles. The molecule has 0 aliphatic rings. The van der Waals surface area contributed by atoms with Gasteiger partial charge in [-0.05, 0) is 12.1 Å². The van der Waals surface area contributed by atoms with E-state index in [4.69, 9.17) is 22.1 Å². The number of benzene rings is 1. The third kappa shape index (κ3) is 4.68. The molecule has 22 heavy (non-hydrogen) atoms. The van der Waals surface area contributed by atoms with Crippen molar-refractivity contribution in [3.05, 3.63) is 40.1 Å². The van der Waals surface area contributed by atoms with Gasteiger partial charge < -0.3 is 10.5 Å². The van der Waals surface area contributed by atoms with E-state index in [9.17, 15) is 14.0 Å². The van der Waals surface area contributed by atoms with Gasteiger partial charge in [-0.3, -0.25) is 14.9 Å². The fourth-order valence-electron chi connectivity index (χ4n) is 1.49. The van der Waals surface area contributed by atoms with Crippen LogP contribution in [0.3, 0.4) is 0 Å². The zero-order valence-electron chi connectivity index (χ0n) is 11.1. The lowest BCUT2D eigenvalue weighted by Crippen LogP contribution is -2.20. The second-order valence-corrected chi connectivity index (χ2v) is 5.47. The van der Waals surface area contributed by atoms with Crippen LogP contribution < -0.4 is 15.8 Å². The number of hydrogen-bond donors (Lipinski definition) is 2. The average molecular weight is 344 g/mol. The molecule has 0 aliphatic carbocycles. The second-order valence-electron chi connectivity index (χ2n) is 4.20. The number of anilines is 1. The number of carbonyl (C=O) groups is 2. The van der Waals surface area contributed by atoms with Crippen molar-refractivity contribution in [1.82, 2.24) is 4.98 Å². The van der Waals surface area contributed by atoms with Crippen LogP contribution in [0.4, 0.5) is 9.52 Å². The molecule has 1 aromatic heterocycles. The van der Waals surface area contributed by atoms with Gasteiger partial charge in [-0.2, -0.15) is 0 Å². The van der Waals surface area contributed by atoms with Crippen molar-refractivity contribution in [2.75, 3.05) is 11.9 Å². The van der Waals surface area contributed by atoms with Crippen LogP contribution in [0.2, 0.25) is 5.02 Å². The highest BCUT2D eigenvalue weighted by Gasteiger charge is 2.09. The van der Waals surface area contributed by atoms with Crippen LogP contribution in [0.15, 0.2) is 23.6 Å². The highest BCUT2D eigenvalue weighted by molar-refractivity contribution is 7.13. The molecule has 2 rings (SSSR count). The van der Waals surface area contributed by atoms with Crippen LogP contribution in [0.1, 0.15) is 5.69 Å². The summed E-state index contributed by atoms with van der Waals surface area (Å²) < 4.78 is 18.2. The van der Waals surface area contributed by atoms with Crippen LogP contribution in [0, 0.1) is 5.82 Å². The predicted octanol–water partition coefficient (Wildman–Crippen LogP) is 1.98. The molecule has 0 saturated heterocycles. The van der Waals surface area contributed by atoms with E-state index in [0.717, 1.165) is 6.07 Å². The number of halogens is 2. The first kappa shape index (κ1) is 16.2. The maximum atomic E-state index is 13.0. The first-order chi connectivity index (χ1) is 10.4. The van der Waals surface area contributed by atoms with Gasteiger partial charge in [-0.25, -0.2) is 9.37 Å². The number of ether oxygens (including phenoxy) is 1. The minimum absolute atomic E-state index is 0.0109. The fourth-order valence-corrected chi connectivity index (χ4v) is 2.39. The summed E-state index contributed by atoms with van der Waals surface area (Å²) in [6.45, 7) is -0.285. The SMILES string of the molecule is NC(=O)Cc1csc(NC(=O)COc2ccc(F)c(Cl)c2)n1. The van der Waals surface area contributed by atoms with E-state index < -0.39 is 17.6 Å². The molecule has 1 heterocycles. The lowest BCUT2D eigenvalue weighted by Gasteiger charge is -2.06. The Bertz CT molecular complexity index is 708. The van der Waals surface area contributed by atoms with Gasteiger partial charge in [0, 0.05) is 11.4 Å². The van der Waals surface area contributed by atoms with E-state index in [1.54, 1.807) is 5.38 Å².